The first-order valence-electron chi connectivity index (χ1n) is 5.90. The quantitative estimate of drug-likeness (QED) is 0.749. The van der Waals surface area contributed by atoms with Crippen molar-refractivity contribution < 1.29 is 19.7 Å². The van der Waals surface area contributed by atoms with Crippen LogP contribution in [0.15, 0.2) is 24.3 Å². The van der Waals surface area contributed by atoms with Crippen LogP contribution < -0.4 is 0 Å². The molecule has 4 nitrogen and oxygen atoms in total. The van der Waals surface area contributed by atoms with Gasteiger partial charge in [-0.25, -0.2) is 0 Å². The molecule has 92 valence electrons. The van der Waals surface area contributed by atoms with E-state index < -0.39 is 18.0 Å². The van der Waals surface area contributed by atoms with Crippen LogP contribution in [0.3, 0.4) is 0 Å². The Morgan fingerprint density at radius 1 is 1.29 bits per heavy atom. The van der Waals surface area contributed by atoms with E-state index in [0.717, 1.165) is 0 Å². The van der Waals surface area contributed by atoms with Crippen molar-refractivity contribution in [2.75, 3.05) is 6.61 Å². The predicted octanol–water partition coefficient (Wildman–Crippen LogP) is 0.598. The molecule has 2 aliphatic rings. The second kappa shape index (κ2) is 4.07. The third kappa shape index (κ3) is 1.87. The molecular formula is C13H16O4. The molecule has 0 aromatic heterocycles. The summed E-state index contributed by atoms with van der Waals surface area (Å²) >= 11 is 0. The van der Waals surface area contributed by atoms with Crippen molar-refractivity contribution in [3.05, 3.63) is 35.4 Å². The first-order valence-corrected chi connectivity index (χ1v) is 5.90. The largest absolute Gasteiger partial charge is 0.394 e. The number of rotatable bonds is 1. The second-order valence-electron chi connectivity index (χ2n) is 4.76. The van der Waals surface area contributed by atoms with Gasteiger partial charge in [-0.05, 0) is 11.1 Å². The Hall–Kier alpha value is -0.940. The molecule has 1 fully saturated rings. The van der Waals surface area contributed by atoms with Crippen molar-refractivity contribution in [1.82, 2.24) is 0 Å². The van der Waals surface area contributed by atoms with Crippen molar-refractivity contribution in [1.29, 1.82) is 0 Å². The van der Waals surface area contributed by atoms with E-state index in [9.17, 15) is 5.11 Å². The minimum Gasteiger partial charge on any atom is -0.394 e. The van der Waals surface area contributed by atoms with E-state index in [4.69, 9.17) is 14.6 Å². The number of fused-ring (bicyclic) bond motifs is 1. The second-order valence-corrected chi connectivity index (χ2v) is 4.76. The molecule has 2 aliphatic heterocycles. The molecule has 3 rings (SSSR count). The fourth-order valence-electron chi connectivity index (χ4n) is 2.64. The first-order chi connectivity index (χ1) is 8.22. The minimum atomic E-state index is -0.749. The Balaban J connectivity index is 1.84. The van der Waals surface area contributed by atoms with Crippen LogP contribution in [0.25, 0.3) is 0 Å². The molecule has 0 amide bonds. The van der Waals surface area contributed by atoms with Crippen molar-refractivity contribution >= 4 is 0 Å². The summed E-state index contributed by atoms with van der Waals surface area (Å²) in [6, 6.07) is 8.08. The highest BCUT2D eigenvalue weighted by atomic mass is 16.7. The van der Waals surface area contributed by atoms with E-state index in [0.29, 0.717) is 19.4 Å². The molecule has 0 unspecified atom stereocenters. The summed E-state index contributed by atoms with van der Waals surface area (Å²) in [5.41, 5.74) is 2.37. The molecule has 1 aromatic carbocycles. The smallest absolute Gasteiger partial charge is 0.175 e. The lowest BCUT2D eigenvalue weighted by Gasteiger charge is -2.34. The number of benzene rings is 1. The van der Waals surface area contributed by atoms with Gasteiger partial charge in [-0.2, -0.15) is 0 Å². The van der Waals surface area contributed by atoms with Gasteiger partial charge in [0.2, 0.25) is 0 Å². The van der Waals surface area contributed by atoms with E-state index >= 15 is 0 Å². The predicted molar refractivity (Wildman–Crippen MR) is 60.2 cm³/mol. The zero-order valence-corrected chi connectivity index (χ0v) is 9.50. The van der Waals surface area contributed by atoms with Crippen LogP contribution in [-0.4, -0.2) is 34.8 Å². The lowest BCUT2D eigenvalue weighted by Crippen LogP contribution is -2.39. The lowest BCUT2D eigenvalue weighted by molar-refractivity contribution is -0.242. The molecule has 0 aliphatic carbocycles. The van der Waals surface area contributed by atoms with Gasteiger partial charge in [0.25, 0.3) is 0 Å². The Morgan fingerprint density at radius 3 is 2.76 bits per heavy atom. The summed E-state index contributed by atoms with van der Waals surface area (Å²) in [4.78, 5) is 0. The molecule has 2 heterocycles. The topological polar surface area (TPSA) is 58.9 Å². The number of ether oxygens (including phenoxy) is 2. The summed E-state index contributed by atoms with van der Waals surface area (Å²) in [6.45, 7) is 0.328. The maximum absolute atomic E-state index is 9.79. The Kier molecular flexibility index (Phi) is 2.67. The number of hydrogen-bond donors (Lipinski definition) is 2. The van der Waals surface area contributed by atoms with Gasteiger partial charge < -0.3 is 19.7 Å². The van der Waals surface area contributed by atoms with E-state index in [1.54, 1.807) is 0 Å². The lowest BCUT2D eigenvalue weighted by atomic mass is 9.94. The fraction of sp³-hybridized carbons (Fsp3) is 0.538. The standard InChI is InChI=1S/C13H16O4/c14-7-12-11(15)6-13(17-12)5-9-3-1-2-4-10(9)8-16-13/h1-4,11-12,14-15H,5-8H2/t11-,12+,13+/m0/s1. The number of aliphatic hydroxyl groups is 2. The summed E-state index contributed by atoms with van der Waals surface area (Å²) in [5.74, 6) is -0.749. The zero-order valence-electron chi connectivity index (χ0n) is 9.50. The van der Waals surface area contributed by atoms with E-state index in [1.807, 2.05) is 18.2 Å². The molecule has 0 radical (unpaired) electrons. The molecule has 0 bridgehead atoms. The summed E-state index contributed by atoms with van der Waals surface area (Å²) in [6.07, 6.45) is -0.117. The normalized spacial score (nSPS) is 36.1. The van der Waals surface area contributed by atoms with Crippen molar-refractivity contribution in [2.24, 2.45) is 0 Å². The highest BCUT2D eigenvalue weighted by molar-refractivity contribution is 5.29. The Labute approximate surface area is 99.8 Å². The van der Waals surface area contributed by atoms with E-state index in [-0.39, 0.29) is 6.61 Å². The number of hydrogen-bond acceptors (Lipinski definition) is 4. The van der Waals surface area contributed by atoms with Crippen LogP contribution in [0.1, 0.15) is 17.5 Å². The molecular weight excluding hydrogens is 220 g/mol. The molecule has 1 aromatic rings. The zero-order chi connectivity index (χ0) is 11.9. The van der Waals surface area contributed by atoms with Crippen LogP contribution in [0.2, 0.25) is 0 Å². The van der Waals surface area contributed by atoms with E-state index in [1.165, 1.54) is 11.1 Å². The van der Waals surface area contributed by atoms with E-state index in [2.05, 4.69) is 6.07 Å². The van der Waals surface area contributed by atoms with Crippen LogP contribution in [-0.2, 0) is 22.5 Å². The van der Waals surface area contributed by atoms with Crippen LogP contribution in [0, 0.1) is 0 Å². The molecule has 17 heavy (non-hydrogen) atoms. The third-order valence-electron chi connectivity index (χ3n) is 3.56. The molecule has 2 N–H and O–H groups in total. The van der Waals surface area contributed by atoms with Gasteiger partial charge in [-0.1, -0.05) is 24.3 Å². The highest BCUT2D eigenvalue weighted by Gasteiger charge is 2.48. The van der Waals surface area contributed by atoms with Gasteiger partial charge in [0.05, 0.1) is 19.3 Å². The summed E-state index contributed by atoms with van der Waals surface area (Å²) in [5, 5.41) is 18.9. The van der Waals surface area contributed by atoms with Gasteiger partial charge in [0, 0.05) is 12.8 Å². The molecule has 1 spiro atoms. The number of aliphatic hydroxyl groups excluding tert-OH is 2. The maximum Gasteiger partial charge on any atom is 0.175 e. The Bertz CT molecular complexity index is 420. The van der Waals surface area contributed by atoms with Gasteiger partial charge in [0.15, 0.2) is 5.79 Å². The van der Waals surface area contributed by atoms with Crippen LogP contribution >= 0.6 is 0 Å². The summed E-state index contributed by atoms with van der Waals surface area (Å²) < 4.78 is 11.4. The third-order valence-corrected chi connectivity index (χ3v) is 3.56. The average molecular weight is 236 g/mol. The van der Waals surface area contributed by atoms with Gasteiger partial charge in [-0.3, -0.25) is 0 Å². The minimum absolute atomic E-state index is 0.173. The Morgan fingerprint density at radius 2 is 2.06 bits per heavy atom. The van der Waals surface area contributed by atoms with Crippen LogP contribution in [0.5, 0.6) is 0 Å². The van der Waals surface area contributed by atoms with Gasteiger partial charge in [-0.15, -0.1) is 0 Å². The van der Waals surface area contributed by atoms with Crippen molar-refractivity contribution in [2.45, 2.75) is 37.4 Å². The van der Waals surface area contributed by atoms with Gasteiger partial charge in [0.1, 0.15) is 6.10 Å². The molecule has 1 saturated heterocycles. The average Bonchev–Trinajstić information content (AvgIpc) is 2.65. The monoisotopic (exact) mass is 236 g/mol. The maximum atomic E-state index is 9.79. The van der Waals surface area contributed by atoms with Crippen molar-refractivity contribution in [3.8, 4) is 0 Å². The molecule has 4 heteroatoms. The summed E-state index contributed by atoms with van der Waals surface area (Å²) in [7, 11) is 0. The van der Waals surface area contributed by atoms with Crippen molar-refractivity contribution in [3.63, 3.8) is 0 Å². The molecule has 0 saturated carbocycles. The van der Waals surface area contributed by atoms with Crippen LogP contribution in [0.4, 0.5) is 0 Å². The molecule has 3 atom stereocenters. The first kappa shape index (κ1) is 11.2. The SMILES string of the molecule is OC[C@H]1O[C@]2(Cc3ccccc3CO2)C[C@@H]1O. The van der Waals surface area contributed by atoms with Gasteiger partial charge >= 0.3 is 0 Å². The fourth-order valence-corrected chi connectivity index (χ4v) is 2.64. The highest BCUT2D eigenvalue weighted by Crippen LogP contribution is 2.39.